The van der Waals surface area contributed by atoms with E-state index < -0.39 is 5.82 Å². The van der Waals surface area contributed by atoms with Crippen molar-refractivity contribution in [2.24, 2.45) is 0 Å². The highest BCUT2D eigenvalue weighted by Gasteiger charge is 2.21. The van der Waals surface area contributed by atoms with Crippen molar-refractivity contribution >= 4 is 17.6 Å². The molecule has 1 aromatic carbocycles. The predicted octanol–water partition coefficient (Wildman–Crippen LogP) is 3.14. The van der Waals surface area contributed by atoms with Crippen LogP contribution < -0.4 is 10.6 Å². The van der Waals surface area contributed by atoms with Crippen LogP contribution in [0.3, 0.4) is 0 Å². The summed E-state index contributed by atoms with van der Waals surface area (Å²) in [5.74, 6) is -0.474. The zero-order valence-corrected chi connectivity index (χ0v) is 12.7. The molecular formula is C15H20ClFN2O2. The van der Waals surface area contributed by atoms with Crippen molar-refractivity contribution in [1.82, 2.24) is 10.6 Å². The van der Waals surface area contributed by atoms with Crippen molar-refractivity contribution in [3.8, 4) is 0 Å². The summed E-state index contributed by atoms with van der Waals surface area (Å²) in [6.45, 7) is 1.81. The summed E-state index contributed by atoms with van der Waals surface area (Å²) >= 11 is 5.74. The van der Waals surface area contributed by atoms with E-state index in [1.54, 1.807) is 6.07 Å². The Morgan fingerprint density at radius 1 is 1.38 bits per heavy atom. The van der Waals surface area contributed by atoms with Gasteiger partial charge in [-0.1, -0.05) is 17.7 Å². The first kappa shape index (κ1) is 16.0. The van der Waals surface area contributed by atoms with Gasteiger partial charge in [-0.2, -0.15) is 0 Å². The van der Waals surface area contributed by atoms with Gasteiger partial charge in [-0.3, -0.25) is 0 Å². The fraction of sp³-hybridized carbons (Fsp3) is 0.533. The zero-order chi connectivity index (χ0) is 15.4. The summed E-state index contributed by atoms with van der Waals surface area (Å²) in [5, 5.41) is 15.2. The lowest BCUT2D eigenvalue weighted by molar-refractivity contribution is 0.117. The molecule has 0 heterocycles. The number of halogens is 2. The number of benzene rings is 1. The highest BCUT2D eigenvalue weighted by atomic mass is 35.5. The number of carbonyl (C=O) groups is 1. The molecule has 1 saturated carbocycles. The molecular weight excluding hydrogens is 295 g/mol. The Morgan fingerprint density at radius 3 is 2.67 bits per heavy atom. The summed E-state index contributed by atoms with van der Waals surface area (Å²) in [6.07, 6.45) is 2.75. The molecule has 2 rings (SSSR count). The van der Waals surface area contributed by atoms with Crippen LogP contribution in [0, 0.1) is 5.82 Å². The molecule has 1 atom stereocenters. The smallest absolute Gasteiger partial charge is 0.315 e. The molecule has 0 spiro atoms. The molecule has 1 aliphatic carbocycles. The van der Waals surface area contributed by atoms with Gasteiger partial charge in [0.25, 0.3) is 0 Å². The van der Waals surface area contributed by atoms with Crippen LogP contribution in [0.4, 0.5) is 9.18 Å². The van der Waals surface area contributed by atoms with Crippen LogP contribution in [-0.4, -0.2) is 23.3 Å². The maximum absolute atomic E-state index is 13.1. The maximum Gasteiger partial charge on any atom is 0.315 e. The molecule has 0 radical (unpaired) electrons. The summed E-state index contributed by atoms with van der Waals surface area (Å²) in [6, 6.07) is 3.97. The van der Waals surface area contributed by atoms with Gasteiger partial charge in [0.15, 0.2) is 0 Å². The summed E-state index contributed by atoms with van der Waals surface area (Å²) < 4.78 is 13.1. The molecule has 0 aliphatic heterocycles. The summed E-state index contributed by atoms with van der Waals surface area (Å²) in [7, 11) is 0. The molecule has 21 heavy (non-hydrogen) atoms. The second-order valence-corrected chi connectivity index (χ2v) is 5.93. The lowest BCUT2D eigenvalue weighted by Gasteiger charge is -2.27. The van der Waals surface area contributed by atoms with Crippen LogP contribution in [0.25, 0.3) is 0 Å². The highest BCUT2D eigenvalue weighted by molar-refractivity contribution is 6.30. The van der Waals surface area contributed by atoms with Crippen molar-refractivity contribution in [3.63, 3.8) is 0 Å². The van der Waals surface area contributed by atoms with E-state index in [1.165, 1.54) is 12.1 Å². The first-order valence-electron chi connectivity index (χ1n) is 7.15. The normalized spacial score (nSPS) is 23.4. The molecule has 0 unspecified atom stereocenters. The largest absolute Gasteiger partial charge is 0.393 e. The van der Waals surface area contributed by atoms with E-state index in [-0.39, 0.29) is 29.2 Å². The molecule has 1 aliphatic rings. The van der Waals surface area contributed by atoms with Crippen molar-refractivity contribution in [2.75, 3.05) is 0 Å². The van der Waals surface area contributed by atoms with Gasteiger partial charge < -0.3 is 15.7 Å². The third-order valence-corrected chi connectivity index (χ3v) is 4.11. The Balaban J connectivity index is 1.85. The predicted molar refractivity (Wildman–Crippen MR) is 79.8 cm³/mol. The number of urea groups is 1. The van der Waals surface area contributed by atoms with Crippen LogP contribution in [0.5, 0.6) is 0 Å². The van der Waals surface area contributed by atoms with E-state index in [1.807, 2.05) is 6.92 Å². The zero-order valence-electron chi connectivity index (χ0n) is 11.9. The SMILES string of the molecule is C[C@H](NC(=O)NC1CCC(O)CC1)c1ccc(F)c(Cl)c1. The third-order valence-electron chi connectivity index (χ3n) is 3.82. The molecule has 0 aromatic heterocycles. The van der Waals surface area contributed by atoms with E-state index in [0.29, 0.717) is 12.8 Å². The molecule has 6 heteroatoms. The van der Waals surface area contributed by atoms with Gasteiger partial charge in [0.05, 0.1) is 17.2 Å². The van der Waals surface area contributed by atoms with Crippen LogP contribution in [0.2, 0.25) is 5.02 Å². The molecule has 4 nitrogen and oxygen atoms in total. The van der Waals surface area contributed by atoms with E-state index in [9.17, 15) is 14.3 Å². The third kappa shape index (κ3) is 4.58. The minimum atomic E-state index is -0.474. The minimum Gasteiger partial charge on any atom is -0.393 e. The molecule has 0 bridgehead atoms. The van der Waals surface area contributed by atoms with Crippen LogP contribution >= 0.6 is 11.6 Å². The number of hydrogen-bond acceptors (Lipinski definition) is 2. The van der Waals surface area contributed by atoms with Crippen molar-refractivity contribution in [3.05, 3.63) is 34.6 Å². The number of carbonyl (C=O) groups excluding carboxylic acids is 1. The Bertz CT molecular complexity index is 504. The molecule has 2 amide bonds. The molecule has 1 fully saturated rings. The summed E-state index contributed by atoms with van der Waals surface area (Å²) in [5.41, 5.74) is 0.746. The lowest BCUT2D eigenvalue weighted by Crippen LogP contribution is -2.44. The Morgan fingerprint density at radius 2 is 2.05 bits per heavy atom. The van der Waals surface area contributed by atoms with E-state index >= 15 is 0 Å². The second-order valence-electron chi connectivity index (χ2n) is 5.52. The average Bonchev–Trinajstić information content (AvgIpc) is 2.44. The number of amides is 2. The second kappa shape index (κ2) is 7.09. The molecule has 1 aromatic rings. The van der Waals surface area contributed by atoms with Crippen LogP contribution in [0.15, 0.2) is 18.2 Å². The standard InChI is InChI=1S/C15H20ClFN2O2/c1-9(10-2-7-14(17)13(16)8-10)18-15(21)19-11-3-5-12(20)6-4-11/h2,7-9,11-12,20H,3-6H2,1H3,(H2,18,19,21)/t9-,11?,12?/m0/s1. The topological polar surface area (TPSA) is 61.4 Å². The van der Waals surface area contributed by atoms with Gasteiger partial charge in [0.1, 0.15) is 5.82 Å². The quantitative estimate of drug-likeness (QED) is 0.802. The first-order valence-corrected chi connectivity index (χ1v) is 7.53. The van der Waals surface area contributed by atoms with Crippen molar-refractivity contribution in [1.29, 1.82) is 0 Å². The Kier molecular flexibility index (Phi) is 5.42. The average molecular weight is 315 g/mol. The monoisotopic (exact) mass is 314 g/mol. The van der Waals surface area contributed by atoms with Gasteiger partial charge in [0.2, 0.25) is 0 Å². The van der Waals surface area contributed by atoms with Gasteiger partial charge in [-0.05, 0) is 50.3 Å². The molecule has 3 N–H and O–H groups in total. The number of nitrogens with one attached hydrogen (secondary N) is 2. The van der Waals surface area contributed by atoms with Crippen LogP contribution in [0.1, 0.15) is 44.2 Å². The molecule has 116 valence electrons. The Hall–Kier alpha value is -1.33. The number of aliphatic hydroxyl groups is 1. The number of hydrogen-bond donors (Lipinski definition) is 3. The van der Waals surface area contributed by atoms with E-state index in [0.717, 1.165) is 18.4 Å². The highest BCUT2D eigenvalue weighted by Crippen LogP contribution is 2.21. The fourth-order valence-corrected chi connectivity index (χ4v) is 2.70. The van der Waals surface area contributed by atoms with Crippen LogP contribution in [-0.2, 0) is 0 Å². The van der Waals surface area contributed by atoms with Crippen molar-refractivity contribution < 1.29 is 14.3 Å². The lowest BCUT2D eigenvalue weighted by atomic mass is 9.93. The van der Waals surface area contributed by atoms with Gasteiger partial charge >= 0.3 is 6.03 Å². The summed E-state index contributed by atoms with van der Waals surface area (Å²) in [4.78, 5) is 11.9. The van der Waals surface area contributed by atoms with Gasteiger partial charge in [-0.25, -0.2) is 9.18 Å². The first-order chi connectivity index (χ1) is 9.95. The Labute approximate surface area is 128 Å². The van der Waals surface area contributed by atoms with Gasteiger partial charge in [-0.15, -0.1) is 0 Å². The van der Waals surface area contributed by atoms with E-state index in [2.05, 4.69) is 10.6 Å². The minimum absolute atomic E-state index is 0.0443. The number of rotatable bonds is 3. The van der Waals surface area contributed by atoms with Crippen molar-refractivity contribution in [2.45, 2.75) is 50.8 Å². The fourth-order valence-electron chi connectivity index (χ4n) is 2.51. The molecule has 0 saturated heterocycles. The maximum atomic E-state index is 13.1. The van der Waals surface area contributed by atoms with E-state index in [4.69, 9.17) is 11.6 Å². The number of aliphatic hydroxyl groups excluding tert-OH is 1. The van der Waals surface area contributed by atoms with Gasteiger partial charge in [0, 0.05) is 6.04 Å².